The Bertz CT molecular complexity index is 699. The average Bonchev–Trinajstić information content (AvgIpc) is 2.95. The zero-order chi connectivity index (χ0) is 16.6. The highest BCUT2D eigenvalue weighted by Crippen LogP contribution is 2.26. The van der Waals surface area contributed by atoms with Crippen molar-refractivity contribution in [2.24, 2.45) is 0 Å². The Labute approximate surface area is 138 Å². The van der Waals surface area contributed by atoms with Crippen LogP contribution in [-0.4, -0.2) is 41.6 Å². The Kier molecular flexibility index (Phi) is 4.06. The van der Waals surface area contributed by atoms with Gasteiger partial charge in [0.2, 0.25) is 0 Å². The summed E-state index contributed by atoms with van der Waals surface area (Å²) in [5.74, 6) is -0.141. The van der Waals surface area contributed by atoms with E-state index in [9.17, 15) is 9.59 Å². The molecule has 0 bridgehead atoms. The summed E-state index contributed by atoms with van der Waals surface area (Å²) in [6.07, 6.45) is 2.15. The molecular weight excluding hydrogens is 316 g/mol. The van der Waals surface area contributed by atoms with Crippen LogP contribution in [-0.2, 0) is 4.74 Å². The number of furan rings is 1. The first-order chi connectivity index (χ1) is 10.8. The van der Waals surface area contributed by atoms with Gasteiger partial charge < -0.3 is 19.4 Å². The molecule has 1 unspecified atom stereocenters. The van der Waals surface area contributed by atoms with Gasteiger partial charge in [0.1, 0.15) is 11.2 Å². The van der Waals surface area contributed by atoms with Gasteiger partial charge in [-0.2, -0.15) is 0 Å². The van der Waals surface area contributed by atoms with Crippen molar-refractivity contribution >= 4 is 33.6 Å². The van der Waals surface area contributed by atoms with Crippen molar-refractivity contribution < 1.29 is 18.7 Å². The molecule has 0 aliphatic carbocycles. The molecule has 3 heterocycles. The van der Waals surface area contributed by atoms with Crippen LogP contribution < -0.4 is 5.32 Å². The molecule has 6 nitrogen and oxygen atoms in total. The average molecular weight is 336 g/mol. The summed E-state index contributed by atoms with van der Waals surface area (Å²) in [6, 6.07) is 3.58. The molecule has 0 aromatic carbocycles. The lowest BCUT2D eigenvalue weighted by molar-refractivity contribution is -0.00487. The Balaban J connectivity index is 1.53. The number of nitrogens with one attached hydrogen (secondary N) is 1. The van der Waals surface area contributed by atoms with Gasteiger partial charge in [-0.3, -0.25) is 4.79 Å². The molecular formula is C16H20N2O4S. The van der Waals surface area contributed by atoms with Gasteiger partial charge in [-0.1, -0.05) is 0 Å². The van der Waals surface area contributed by atoms with Crippen LogP contribution >= 0.6 is 11.3 Å². The van der Waals surface area contributed by atoms with Crippen LogP contribution in [0.5, 0.6) is 0 Å². The summed E-state index contributed by atoms with van der Waals surface area (Å²) in [4.78, 5) is 26.5. The van der Waals surface area contributed by atoms with Crippen molar-refractivity contribution in [2.45, 2.75) is 38.8 Å². The molecule has 0 spiro atoms. The van der Waals surface area contributed by atoms with Gasteiger partial charge in [0.25, 0.3) is 5.91 Å². The van der Waals surface area contributed by atoms with Gasteiger partial charge in [0, 0.05) is 19.2 Å². The smallest absolute Gasteiger partial charge is 0.410 e. The van der Waals surface area contributed by atoms with E-state index in [4.69, 9.17) is 9.15 Å². The van der Waals surface area contributed by atoms with E-state index < -0.39 is 5.60 Å². The predicted octanol–water partition coefficient (Wildman–Crippen LogP) is 3.23. The van der Waals surface area contributed by atoms with Crippen LogP contribution in [0.1, 0.15) is 36.9 Å². The third kappa shape index (κ3) is 3.50. The Morgan fingerprint density at radius 3 is 2.87 bits per heavy atom. The molecule has 2 amide bonds. The molecule has 1 N–H and O–H groups in total. The minimum absolute atomic E-state index is 0.00300. The first-order valence-corrected chi connectivity index (χ1v) is 8.40. The van der Waals surface area contributed by atoms with Crippen LogP contribution in [0.15, 0.2) is 22.8 Å². The van der Waals surface area contributed by atoms with Gasteiger partial charge in [-0.15, -0.1) is 11.3 Å². The van der Waals surface area contributed by atoms with Crippen molar-refractivity contribution in [3.63, 3.8) is 0 Å². The first kappa shape index (κ1) is 15.9. The first-order valence-electron chi connectivity index (χ1n) is 7.58. The predicted molar refractivity (Wildman–Crippen MR) is 87.8 cm³/mol. The number of likely N-dealkylation sites (tertiary alicyclic amines) is 1. The summed E-state index contributed by atoms with van der Waals surface area (Å²) in [5.41, 5.74) is 0.213. The van der Waals surface area contributed by atoms with Gasteiger partial charge in [-0.05, 0) is 33.3 Å². The number of carbonyl (C=O) groups is 2. The van der Waals surface area contributed by atoms with Crippen molar-refractivity contribution in [3.05, 3.63) is 23.3 Å². The molecule has 2 aromatic rings. The van der Waals surface area contributed by atoms with E-state index in [-0.39, 0.29) is 18.0 Å². The molecule has 3 rings (SSSR count). The number of amides is 2. The maximum Gasteiger partial charge on any atom is 0.410 e. The quantitative estimate of drug-likeness (QED) is 0.934. The maximum atomic E-state index is 12.2. The summed E-state index contributed by atoms with van der Waals surface area (Å²) < 4.78 is 11.6. The summed E-state index contributed by atoms with van der Waals surface area (Å²) in [6.45, 7) is 6.62. The van der Waals surface area contributed by atoms with Crippen molar-refractivity contribution in [1.82, 2.24) is 10.2 Å². The molecule has 2 aromatic heterocycles. The maximum absolute atomic E-state index is 12.2. The highest BCUT2D eigenvalue weighted by atomic mass is 32.1. The molecule has 1 fully saturated rings. The summed E-state index contributed by atoms with van der Waals surface area (Å²) in [7, 11) is 0. The number of carbonyl (C=O) groups excluding carboxylic acids is 2. The highest BCUT2D eigenvalue weighted by Gasteiger charge is 2.35. The molecule has 0 radical (unpaired) electrons. The van der Waals surface area contributed by atoms with Crippen molar-refractivity contribution in [1.29, 1.82) is 0 Å². The number of fused-ring (bicyclic) bond motifs is 1. The van der Waals surface area contributed by atoms with E-state index in [2.05, 4.69) is 5.32 Å². The molecule has 23 heavy (non-hydrogen) atoms. The second-order valence-electron chi connectivity index (χ2n) is 6.59. The second-order valence-corrected chi connectivity index (χ2v) is 7.67. The lowest BCUT2D eigenvalue weighted by Gasteiger charge is -2.41. The fourth-order valence-electron chi connectivity index (χ4n) is 2.39. The van der Waals surface area contributed by atoms with E-state index in [1.807, 2.05) is 26.8 Å². The Morgan fingerprint density at radius 2 is 2.26 bits per heavy atom. The normalized spacial score (nSPS) is 17.9. The largest absolute Gasteiger partial charge is 0.463 e. The number of thiophene rings is 1. The van der Waals surface area contributed by atoms with E-state index in [0.29, 0.717) is 18.0 Å². The van der Waals surface area contributed by atoms with Gasteiger partial charge in [0.15, 0.2) is 0 Å². The van der Waals surface area contributed by atoms with Crippen LogP contribution in [0.2, 0.25) is 0 Å². The number of nitrogens with zero attached hydrogens (tertiary/aromatic N) is 1. The Morgan fingerprint density at radius 1 is 1.48 bits per heavy atom. The third-order valence-electron chi connectivity index (χ3n) is 3.63. The summed E-state index contributed by atoms with van der Waals surface area (Å²) >= 11 is 1.39. The van der Waals surface area contributed by atoms with E-state index in [1.165, 1.54) is 11.3 Å². The number of hydrogen-bond donors (Lipinski definition) is 1. The minimum Gasteiger partial charge on any atom is -0.463 e. The van der Waals surface area contributed by atoms with E-state index >= 15 is 0 Å². The molecule has 1 saturated heterocycles. The standard InChI is InChI=1S/C16H20N2O4S/c1-16(2,3)22-15(20)18-6-4-10(18)9-17-14(19)13-8-11-12(23-13)5-7-21-11/h5,7-8,10H,4,6,9H2,1-3H3,(H,17,19). The zero-order valence-corrected chi connectivity index (χ0v) is 14.2. The van der Waals surface area contributed by atoms with E-state index in [0.717, 1.165) is 16.7 Å². The highest BCUT2D eigenvalue weighted by molar-refractivity contribution is 7.20. The SMILES string of the molecule is CC(C)(C)OC(=O)N1CCC1CNC(=O)c1cc2occc2s1. The molecule has 0 saturated carbocycles. The van der Waals surface area contributed by atoms with Crippen molar-refractivity contribution in [2.75, 3.05) is 13.1 Å². The monoisotopic (exact) mass is 336 g/mol. The minimum atomic E-state index is -0.508. The van der Waals surface area contributed by atoms with Crippen LogP contribution in [0.3, 0.4) is 0 Å². The number of hydrogen-bond acceptors (Lipinski definition) is 5. The number of rotatable bonds is 3. The third-order valence-corrected chi connectivity index (χ3v) is 4.71. The lowest BCUT2D eigenvalue weighted by Crippen LogP contribution is -2.56. The molecule has 1 aliphatic heterocycles. The van der Waals surface area contributed by atoms with Gasteiger partial charge in [0.05, 0.1) is 21.9 Å². The zero-order valence-electron chi connectivity index (χ0n) is 13.4. The second kappa shape index (κ2) is 5.88. The van der Waals surface area contributed by atoms with Crippen LogP contribution in [0.25, 0.3) is 10.3 Å². The van der Waals surface area contributed by atoms with Gasteiger partial charge in [-0.25, -0.2) is 4.79 Å². The number of ether oxygens (including phenoxy) is 1. The molecule has 1 aliphatic rings. The molecule has 7 heteroatoms. The van der Waals surface area contributed by atoms with Gasteiger partial charge >= 0.3 is 6.09 Å². The molecule has 124 valence electrons. The van der Waals surface area contributed by atoms with Crippen molar-refractivity contribution in [3.8, 4) is 0 Å². The topological polar surface area (TPSA) is 71.8 Å². The van der Waals surface area contributed by atoms with Crippen LogP contribution in [0.4, 0.5) is 4.79 Å². The lowest BCUT2D eigenvalue weighted by atomic mass is 10.0. The fourth-order valence-corrected chi connectivity index (χ4v) is 3.29. The molecule has 1 atom stereocenters. The van der Waals surface area contributed by atoms with Crippen LogP contribution in [0, 0.1) is 0 Å². The summed E-state index contributed by atoms with van der Waals surface area (Å²) in [5, 5.41) is 2.88. The van der Waals surface area contributed by atoms with E-state index in [1.54, 1.807) is 17.2 Å². The Hall–Kier alpha value is -2.02. The fraction of sp³-hybridized carbons (Fsp3) is 0.500.